The third-order valence-electron chi connectivity index (χ3n) is 5.33. The Morgan fingerprint density at radius 2 is 1.97 bits per heavy atom. The van der Waals surface area contributed by atoms with Gasteiger partial charge in [0.15, 0.2) is 0 Å². The lowest BCUT2D eigenvalue weighted by Crippen LogP contribution is -2.18. The number of aromatic nitrogens is 2. The lowest BCUT2D eigenvalue weighted by atomic mass is 9.96. The summed E-state index contributed by atoms with van der Waals surface area (Å²) >= 11 is 0. The number of rotatable bonds is 7. The first kappa shape index (κ1) is 20.7. The van der Waals surface area contributed by atoms with Crippen LogP contribution < -0.4 is 4.72 Å². The maximum absolute atomic E-state index is 13.7. The van der Waals surface area contributed by atoms with Gasteiger partial charge < -0.3 is 4.57 Å². The van der Waals surface area contributed by atoms with Gasteiger partial charge in [-0.25, -0.2) is 26.9 Å². The van der Waals surface area contributed by atoms with E-state index in [1.54, 1.807) is 30.6 Å². The molecule has 1 aliphatic carbocycles. The average Bonchev–Trinajstić information content (AvgIpc) is 3.45. The summed E-state index contributed by atoms with van der Waals surface area (Å²) in [5, 5.41) is 0. The van der Waals surface area contributed by atoms with Gasteiger partial charge in [-0.1, -0.05) is 24.3 Å². The van der Waals surface area contributed by atoms with Crippen molar-refractivity contribution >= 4 is 10.0 Å². The molecule has 0 radical (unpaired) electrons. The van der Waals surface area contributed by atoms with Gasteiger partial charge >= 0.3 is 0 Å². The highest BCUT2D eigenvalue weighted by molar-refractivity contribution is 7.89. The van der Waals surface area contributed by atoms with Crippen LogP contribution in [-0.4, -0.2) is 25.0 Å². The van der Waals surface area contributed by atoms with Crippen molar-refractivity contribution in [2.45, 2.75) is 43.0 Å². The van der Waals surface area contributed by atoms with E-state index in [0.717, 1.165) is 30.9 Å². The number of sulfonamides is 1. The maximum Gasteiger partial charge on any atom is 0.270 e. The van der Waals surface area contributed by atoms with Gasteiger partial charge in [-0.15, -0.1) is 0 Å². The van der Waals surface area contributed by atoms with Crippen LogP contribution in [0.15, 0.2) is 59.9 Å². The molecule has 30 heavy (non-hydrogen) atoms. The quantitative estimate of drug-likeness (QED) is 0.599. The smallest absolute Gasteiger partial charge is 0.270 e. The Hall–Kier alpha value is -2.58. The summed E-state index contributed by atoms with van der Waals surface area (Å²) < 4.78 is 56.5. The van der Waals surface area contributed by atoms with Gasteiger partial charge in [-0.3, -0.25) is 0 Å². The van der Waals surface area contributed by atoms with Gasteiger partial charge in [0.2, 0.25) is 10.0 Å². The number of benzene rings is 2. The summed E-state index contributed by atoms with van der Waals surface area (Å²) in [6, 6.07) is 11.6. The fourth-order valence-electron chi connectivity index (χ4n) is 3.46. The minimum absolute atomic E-state index is 0.0473. The van der Waals surface area contributed by atoms with Gasteiger partial charge in [0.1, 0.15) is 0 Å². The van der Waals surface area contributed by atoms with Crippen molar-refractivity contribution in [3.8, 4) is 11.3 Å². The van der Waals surface area contributed by atoms with Crippen LogP contribution in [0.5, 0.6) is 0 Å². The predicted octanol–water partition coefficient (Wildman–Crippen LogP) is 4.50. The molecule has 0 atom stereocenters. The highest BCUT2D eigenvalue weighted by atomic mass is 32.2. The zero-order valence-corrected chi connectivity index (χ0v) is 17.6. The van der Waals surface area contributed by atoms with Gasteiger partial charge in [0, 0.05) is 30.3 Å². The second-order valence-corrected chi connectivity index (χ2v) is 9.62. The zero-order chi connectivity index (χ0) is 21.5. The summed E-state index contributed by atoms with van der Waals surface area (Å²) in [6.07, 6.45) is 6.27. The van der Waals surface area contributed by atoms with Crippen molar-refractivity contribution in [3.05, 3.63) is 71.7 Å². The highest BCUT2D eigenvalue weighted by Crippen LogP contribution is 2.36. The molecule has 158 valence electrons. The number of hydrogen-bond acceptors (Lipinski definition) is 3. The zero-order valence-electron chi connectivity index (χ0n) is 16.8. The first-order valence-corrected chi connectivity index (χ1v) is 11.2. The van der Waals surface area contributed by atoms with Crippen molar-refractivity contribution in [2.75, 3.05) is 7.05 Å². The molecule has 0 aliphatic heterocycles. The maximum atomic E-state index is 13.7. The van der Waals surface area contributed by atoms with Crippen LogP contribution in [0.3, 0.4) is 0 Å². The number of nitrogens with one attached hydrogen (secondary N) is 1. The van der Waals surface area contributed by atoms with Crippen LogP contribution in [0.1, 0.15) is 42.5 Å². The Balaban J connectivity index is 1.77. The standard InChI is InChI=1S/C22H23F2N3O2S/c1-22(23,24)17-5-3-4-15(11-17)10-16-6-9-19(30(28,29)25-2)12-20(16)21-13-27(14-26-21)18-7-8-18/h3-6,9,11-14,18,25H,7-8,10H2,1-2H3. The molecule has 0 unspecified atom stereocenters. The predicted molar refractivity (Wildman–Crippen MR) is 111 cm³/mol. The SMILES string of the molecule is CNS(=O)(=O)c1ccc(Cc2cccc(C(C)(F)F)c2)c(-c2cn(C3CC3)cn2)c1. The first-order chi connectivity index (χ1) is 14.2. The van der Waals surface area contributed by atoms with Crippen LogP contribution in [-0.2, 0) is 22.4 Å². The van der Waals surface area contributed by atoms with Crippen molar-refractivity contribution in [1.29, 1.82) is 0 Å². The van der Waals surface area contributed by atoms with Crippen molar-refractivity contribution in [1.82, 2.24) is 14.3 Å². The molecule has 0 saturated heterocycles. The van der Waals surface area contributed by atoms with Gasteiger partial charge in [-0.2, -0.15) is 0 Å². The lowest BCUT2D eigenvalue weighted by Gasteiger charge is -2.14. The van der Waals surface area contributed by atoms with E-state index in [1.807, 2.05) is 10.8 Å². The normalized spacial score (nSPS) is 14.8. The second-order valence-electron chi connectivity index (χ2n) is 7.73. The van der Waals surface area contributed by atoms with Crippen LogP contribution in [0.25, 0.3) is 11.3 Å². The van der Waals surface area contributed by atoms with Crippen LogP contribution in [0, 0.1) is 0 Å². The Bertz CT molecular complexity index is 1180. The monoisotopic (exact) mass is 431 g/mol. The van der Waals surface area contributed by atoms with Crippen LogP contribution >= 0.6 is 0 Å². The van der Waals surface area contributed by atoms with Crippen molar-refractivity contribution in [2.24, 2.45) is 0 Å². The first-order valence-electron chi connectivity index (χ1n) is 9.75. The van der Waals surface area contributed by atoms with E-state index in [4.69, 9.17) is 0 Å². The fraction of sp³-hybridized carbons (Fsp3) is 0.318. The van der Waals surface area contributed by atoms with E-state index in [0.29, 0.717) is 23.7 Å². The Labute approximate surface area is 174 Å². The topological polar surface area (TPSA) is 64.0 Å². The van der Waals surface area contributed by atoms with E-state index in [-0.39, 0.29) is 10.5 Å². The molecule has 1 heterocycles. The minimum atomic E-state index is -3.63. The van der Waals surface area contributed by atoms with Crippen LogP contribution in [0.4, 0.5) is 8.78 Å². The van der Waals surface area contributed by atoms with E-state index < -0.39 is 15.9 Å². The molecule has 1 aromatic heterocycles. The summed E-state index contributed by atoms with van der Waals surface area (Å²) in [6.45, 7) is 0.874. The van der Waals surface area contributed by atoms with Gasteiger partial charge in [-0.05, 0) is 55.6 Å². The number of alkyl halides is 2. The summed E-state index contributed by atoms with van der Waals surface area (Å²) in [4.78, 5) is 4.62. The Morgan fingerprint density at radius 1 is 1.20 bits per heavy atom. The number of imidazole rings is 1. The van der Waals surface area contributed by atoms with Crippen molar-refractivity contribution in [3.63, 3.8) is 0 Å². The lowest BCUT2D eigenvalue weighted by molar-refractivity contribution is 0.0174. The highest BCUT2D eigenvalue weighted by Gasteiger charge is 2.26. The summed E-state index contributed by atoms with van der Waals surface area (Å²) in [5.41, 5.74) is 2.85. The fourth-order valence-corrected chi connectivity index (χ4v) is 4.21. The molecule has 8 heteroatoms. The Morgan fingerprint density at radius 3 is 2.63 bits per heavy atom. The van der Waals surface area contributed by atoms with Gasteiger partial charge in [0.05, 0.1) is 16.9 Å². The third kappa shape index (κ3) is 4.29. The molecule has 0 spiro atoms. The molecule has 5 nitrogen and oxygen atoms in total. The molecule has 2 aromatic carbocycles. The molecule has 1 aliphatic rings. The average molecular weight is 432 g/mol. The van der Waals surface area contributed by atoms with E-state index >= 15 is 0 Å². The molecule has 1 fully saturated rings. The van der Waals surface area contributed by atoms with Gasteiger partial charge in [0.25, 0.3) is 5.92 Å². The molecular weight excluding hydrogens is 408 g/mol. The molecule has 0 amide bonds. The molecule has 1 saturated carbocycles. The largest absolute Gasteiger partial charge is 0.334 e. The second kappa shape index (κ2) is 7.59. The molecular formula is C22H23F2N3O2S. The van der Waals surface area contributed by atoms with Crippen molar-refractivity contribution < 1.29 is 17.2 Å². The van der Waals surface area contributed by atoms with Crippen LogP contribution in [0.2, 0.25) is 0 Å². The Kier molecular flexibility index (Phi) is 5.23. The molecule has 4 rings (SSSR count). The number of nitrogens with zero attached hydrogens (tertiary/aromatic N) is 2. The van der Waals surface area contributed by atoms with E-state index in [2.05, 4.69) is 9.71 Å². The van der Waals surface area contributed by atoms with E-state index in [1.165, 1.54) is 25.2 Å². The third-order valence-corrected chi connectivity index (χ3v) is 6.75. The van der Waals surface area contributed by atoms with E-state index in [9.17, 15) is 17.2 Å². The minimum Gasteiger partial charge on any atom is -0.334 e. The number of halogens is 2. The molecule has 1 N–H and O–H groups in total. The summed E-state index contributed by atoms with van der Waals surface area (Å²) in [7, 11) is -2.26. The number of hydrogen-bond donors (Lipinski definition) is 1. The molecule has 3 aromatic rings. The summed E-state index contributed by atoms with van der Waals surface area (Å²) in [5.74, 6) is -2.92. The molecule has 0 bridgehead atoms.